The Balaban J connectivity index is 1.38. The van der Waals surface area contributed by atoms with Crippen LogP contribution in [-0.4, -0.2) is 39.6 Å². The van der Waals surface area contributed by atoms with Crippen molar-refractivity contribution in [3.8, 4) is 17.2 Å². The Bertz CT molecular complexity index is 1440. The lowest BCUT2D eigenvalue weighted by Crippen LogP contribution is -2.65. The largest absolute Gasteiger partial charge is 0.451 e. The Morgan fingerprint density at radius 1 is 1.05 bits per heavy atom. The van der Waals surface area contributed by atoms with Crippen molar-refractivity contribution in [1.29, 1.82) is 5.26 Å². The number of hydrogen-bond donors (Lipinski definition) is 3. The summed E-state index contributed by atoms with van der Waals surface area (Å²) in [4.78, 5) is 26.8. The van der Waals surface area contributed by atoms with Crippen LogP contribution in [0.5, 0.6) is 0 Å². The molecule has 0 bridgehead atoms. The van der Waals surface area contributed by atoms with Gasteiger partial charge < -0.3 is 14.5 Å². The van der Waals surface area contributed by atoms with Crippen LogP contribution in [-0.2, 0) is 4.79 Å². The summed E-state index contributed by atoms with van der Waals surface area (Å²) >= 11 is 1.61. The van der Waals surface area contributed by atoms with Gasteiger partial charge in [-0.2, -0.15) is 5.26 Å². The molecule has 2 saturated carbocycles. The van der Waals surface area contributed by atoms with Crippen molar-refractivity contribution < 1.29 is 22.8 Å². The average Bonchev–Trinajstić information content (AvgIpc) is 3.63. The van der Waals surface area contributed by atoms with Crippen LogP contribution < -0.4 is 15.9 Å². The molecule has 2 aromatic carbocycles. The summed E-state index contributed by atoms with van der Waals surface area (Å²) in [6, 6.07) is 17.1. The number of anilines is 1. The van der Waals surface area contributed by atoms with E-state index in [-0.39, 0.29) is 18.6 Å². The quantitative estimate of drug-likeness (QED) is 0.143. The van der Waals surface area contributed by atoms with Gasteiger partial charge in [-0.25, -0.2) is 14.6 Å². The molecule has 1 heterocycles. The molecule has 2 aliphatic rings. The van der Waals surface area contributed by atoms with Crippen LogP contribution in [0, 0.1) is 11.3 Å². The molecule has 2 aliphatic carbocycles. The van der Waals surface area contributed by atoms with Crippen LogP contribution in [0.25, 0.3) is 22.1 Å². The van der Waals surface area contributed by atoms with Crippen molar-refractivity contribution in [2.45, 2.75) is 62.4 Å². The SMILES string of the molecule is CCSNc1ccc(-c2ccc3cc(C(=O)NC4(C(=O)N(N)C5(C#N)CC5)CCC(F)(F)CC4)oc3c2)cc1. The van der Waals surface area contributed by atoms with Crippen molar-refractivity contribution in [1.82, 2.24) is 10.3 Å². The lowest BCUT2D eigenvalue weighted by atomic mass is 9.78. The van der Waals surface area contributed by atoms with Crippen molar-refractivity contribution >= 4 is 40.4 Å². The maximum absolute atomic E-state index is 14.0. The van der Waals surface area contributed by atoms with Crippen LogP contribution >= 0.6 is 11.9 Å². The Labute approximate surface area is 229 Å². The van der Waals surface area contributed by atoms with Gasteiger partial charge in [0, 0.05) is 29.7 Å². The van der Waals surface area contributed by atoms with Gasteiger partial charge in [-0.05, 0) is 61.1 Å². The number of nitriles is 1. The minimum absolute atomic E-state index is 0.0483. The number of fused-ring (bicyclic) bond motifs is 1. The highest BCUT2D eigenvalue weighted by atomic mass is 32.2. The second kappa shape index (κ2) is 10.2. The summed E-state index contributed by atoms with van der Waals surface area (Å²) in [5, 5.41) is 13.7. The molecular formula is C28H29F2N5O3S. The minimum atomic E-state index is -2.95. The molecule has 0 unspecified atom stereocenters. The zero-order valence-corrected chi connectivity index (χ0v) is 22.2. The van der Waals surface area contributed by atoms with Crippen LogP contribution in [0.3, 0.4) is 0 Å². The zero-order chi connectivity index (χ0) is 27.8. The van der Waals surface area contributed by atoms with Gasteiger partial charge in [0.1, 0.15) is 16.7 Å². The molecule has 1 aromatic heterocycles. The van der Waals surface area contributed by atoms with Crippen molar-refractivity contribution in [2.75, 3.05) is 10.5 Å². The molecule has 0 radical (unpaired) electrons. The number of rotatable bonds is 8. The van der Waals surface area contributed by atoms with Gasteiger partial charge in [0.05, 0.1) is 6.07 Å². The number of hydrazine groups is 1. The molecule has 2 amide bonds. The number of nitrogens with one attached hydrogen (secondary N) is 2. The van der Waals surface area contributed by atoms with Gasteiger partial charge in [0.25, 0.3) is 11.8 Å². The second-order valence-corrected chi connectivity index (χ2v) is 11.3. The van der Waals surface area contributed by atoms with Crippen LogP contribution in [0.4, 0.5) is 14.5 Å². The molecule has 5 rings (SSSR count). The topological polar surface area (TPSA) is 124 Å². The van der Waals surface area contributed by atoms with Crippen LogP contribution in [0.1, 0.15) is 56.0 Å². The highest BCUT2D eigenvalue weighted by Gasteiger charge is 2.57. The molecule has 39 heavy (non-hydrogen) atoms. The molecule has 0 saturated heterocycles. The zero-order valence-electron chi connectivity index (χ0n) is 21.4. The Morgan fingerprint density at radius 2 is 1.72 bits per heavy atom. The predicted molar refractivity (Wildman–Crippen MR) is 146 cm³/mol. The van der Waals surface area contributed by atoms with Gasteiger partial charge in [-0.15, -0.1) is 0 Å². The van der Waals surface area contributed by atoms with Crippen LogP contribution in [0.2, 0.25) is 0 Å². The maximum Gasteiger partial charge on any atom is 0.287 e. The third kappa shape index (κ3) is 5.31. The number of halogens is 2. The van der Waals surface area contributed by atoms with Gasteiger partial charge in [0.15, 0.2) is 5.76 Å². The average molecular weight is 554 g/mol. The molecule has 0 atom stereocenters. The highest BCUT2D eigenvalue weighted by molar-refractivity contribution is 8.00. The predicted octanol–water partition coefficient (Wildman–Crippen LogP) is 5.62. The molecule has 2 fully saturated rings. The van der Waals surface area contributed by atoms with E-state index in [1.165, 1.54) is 0 Å². The van der Waals surface area contributed by atoms with Gasteiger partial charge in [-0.3, -0.25) is 14.6 Å². The van der Waals surface area contributed by atoms with Gasteiger partial charge >= 0.3 is 0 Å². The third-order valence-corrected chi connectivity index (χ3v) is 8.17. The van der Waals surface area contributed by atoms with Crippen LogP contribution in [0.15, 0.2) is 52.9 Å². The van der Waals surface area contributed by atoms with Gasteiger partial charge in [0.2, 0.25) is 5.92 Å². The first-order valence-corrected chi connectivity index (χ1v) is 13.8. The summed E-state index contributed by atoms with van der Waals surface area (Å²) in [5.74, 6) is 2.54. The number of nitrogens with zero attached hydrogens (tertiary/aromatic N) is 2. The first kappa shape index (κ1) is 27.0. The fourth-order valence-electron chi connectivity index (χ4n) is 4.87. The standard InChI is InChI=1S/C28H29F2N5O3S/c1-2-39-34-21-7-5-18(6-8-21)19-3-4-20-16-23(38-22(20)15-19)24(36)33-27(11-13-28(29,30)14-12-27)25(37)35(32)26(17-31)9-10-26/h3-8,15-16,34H,2,9-14,32H2,1H3,(H,33,36). The van der Waals surface area contributed by atoms with Crippen molar-refractivity contribution in [3.05, 3.63) is 54.3 Å². The van der Waals surface area contributed by atoms with E-state index in [0.29, 0.717) is 23.8 Å². The Morgan fingerprint density at radius 3 is 2.33 bits per heavy atom. The van der Waals surface area contributed by atoms with E-state index < -0.39 is 41.7 Å². The van der Waals surface area contributed by atoms with Crippen molar-refractivity contribution in [2.24, 2.45) is 5.84 Å². The summed E-state index contributed by atoms with van der Waals surface area (Å²) in [6.45, 7) is 2.06. The lowest BCUT2D eigenvalue weighted by molar-refractivity contribution is -0.146. The molecule has 11 heteroatoms. The Hall–Kier alpha value is -3.62. The summed E-state index contributed by atoms with van der Waals surface area (Å²) < 4.78 is 37.2. The van der Waals surface area contributed by atoms with Crippen molar-refractivity contribution in [3.63, 3.8) is 0 Å². The highest BCUT2D eigenvalue weighted by Crippen LogP contribution is 2.44. The summed E-state index contributed by atoms with van der Waals surface area (Å²) in [7, 11) is 0. The summed E-state index contributed by atoms with van der Waals surface area (Å²) in [5.41, 5.74) is 0.506. The van der Waals surface area contributed by atoms with E-state index in [4.69, 9.17) is 10.3 Å². The first-order chi connectivity index (χ1) is 18.6. The number of carbonyl (C=O) groups is 2. The number of amides is 2. The number of benzene rings is 2. The molecule has 4 N–H and O–H groups in total. The molecule has 8 nitrogen and oxygen atoms in total. The summed E-state index contributed by atoms with van der Waals surface area (Å²) in [6.07, 6.45) is -0.968. The Kier molecular flexibility index (Phi) is 7.03. The number of hydrogen-bond acceptors (Lipinski definition) is 7. The van der Waals surface area contributed by atoms with E-state index in [2.05, 4.69) is 17.0 Å². The fraction of sp³-hybridized carbons (Fsp3) is 0.393. The van der Waals surface area contributed by atoms with E-state index in [9.17, 15) is 23.6 Å². The lowest BCUT2D eigenvalue weighted by Gasteiger charge is -2.41. The molecule has 0 aliphatic heterocycles. The third-order valence-electron chi connectivity index (χ3n) is 7.51. The maximum atomic E-state index is 14.0. The molecule has 204 valence electrons. The molecule has 3 aromatic rings. The fourth-order valence-corrected chi connectivity index (χ4v) is 5.32. The smallest absolute Gasteiger partial charge is 0.287 e. The van der Waals surface area contributed by atoms with Gasteiger partial charge in [-0.1, -0.05) is 43.1 Å². The van der Waals surface area contributed by atoms with E-state index >= 15 is 0 Å². The van der Waals surface area contributed by atoms with E-state index in [0.717, 1.165) is 27.6 Å². The molecular weight excluding hydrogens is 524 g/mol. The number of furan rings is 1. The molecule has 0 spiro atoms. The first-order valence-electron chi connectivity index (χ1n) is 12.8. The number of alkyl halides is 2. The minimum Gasteiger partial charge on any atom is -0.451 e. The van der Waals surface area contributed by atoms with E-state index in [1.54, 1.807) is 18.0 Å². The number of carbonyl (C=O) groups excluding carboxylic acids is 2. The second-order valence-electron chi connectivity index (χ2n) is 10.2. The normalized spacial score (nSPS) is 18.6. The monoisotopic (exact) mass is 553 g/mol. The van der Waals surface area contributed by atoms with E-state index in [1.807, 2.05) is 48.5 Å². The number of nitrogens with two attached hydrogens (primary N) is 1.